The van der Waals surface area contributed by atoms with E-state index in [1.54, 1.807) is 29.2 Å². The molecule has 32 heavy (non-hydrogen) atoms. The number of amides is 1. The molecule has 0 aliphatic carbocycles. The fraction of sp³-hybridized carbons (Fsp3) is 0.0833. The number of hydrogen-bond donors (Lipinski definition) is 1. The van der Waals surface area contributed by atoms with Gasteiger partial charge in [-0.25, -0.2) is 14.6 Å². The second kappa shape index (κ2) is 8.73. The summed E-state index contributed by atoms with van der Waals surface area (Å²) in [5.41, 5.74) is 4.13. The van der Waals surface area contributed by atoms with Gasteiger partial charge in [-0.2, -0.15) is 5.10 Å². The molecule has 2 aromatic carbocycles. The molecule has 0 fully saturated rings. The Hall–Kier alpha value is -4.46. The van der Waals surface area contributed by atoms with Crippen LogP contribution in [-0.4, -0.2) is 30.1 Å². The lowest BCUT2D eigenvalue weighted by molar-refractivity contribution is 0.0950. The number of carbonyl (C=O) groups excluding carboxylic acids is 1. The third kappa shape index (κ3) is 4.34. The first-order valence-electron chi connectivity index (χ1n) is 10.1. The van der Waals surface area contributed by atoms with Crippen molar-refractivity contribution in [1.82, 2.24) is 29.5 Å². The minimum atomic E-state index is -0.163. The second-order valence-electron chi connectivity index (χ2n) is 7.20. The summed E-state index contributed by atoms with van der Waals surface area (Å²) in [5, 5.41) is 7.05. The highest BCUT2D eigenvalue weighted by Gasteiger charge is 2.08. The van der Waals surface area contributed by atoms with E-state index in [0.717, 1.165) is 22.6 Å². The van der Waals surface area contributed by atoms with Crippen LogP contribution in [0.4, 0.5) is 0 Å². The van der Waals surface area contributed by atoms with Crippen molar-refractivity contribution in [3.8, 4) is 11.4 Å². The van der Waals surface area contributed by atoms with Crippen LogP contribution >= 0.6 is 0 Å². The lowest BCUT2D eigenvalue weighted by atomic mass is 10.1. The molecule has 0 unspecified atom stereocenters. The highest BCUT2D eigenvalue weighted by atomic mass is 16.5. The van der Waals surface area contributed by atoms with Gasteiger partial charge in [0, 0.05) is 24.5 Å². The van der Waals surface area contributed by atoms with Crippen LogP contribution in [0.15, 0.2) is 91.8 Å². The van der Waals surface area contributed by atoms with Crippen molar-refractivity contribution in [3.63, 3.8) is 0 Å². The Morgan fingerprint density at radius 1 is 1.03 bits per heavy atom. The molecule has 1 N–H and O–H groups in total. The molecule has 0 saturated heterocycles. The third-order valence-electron chi connectivity index (χ3n) is 4.97. The van der Waals surface area contributed by atoms with Crippen molar-refractivity contribution in [3.05, 3.63) is 109 Å². The molecule has 0 aliphatic heterocycles. The van der Waals surface area contributed by atoms with Gasteiger partial charge in [0.05, 0.1) is 11.4 Å². The molecular weight excluding hydrogens is 404 g/mol. The lowest BCUT2D eigenvalue weighted by Gasteiger charge is -2.09. The van der Waals surface area contributed by atoms with Crippen molar-refractivity contribution < 1.29 is 9.53 Å². The Balaban J connectivity index is 1.18. The van der Waals surface area contributed by atoms with Crippen LogP contribution < -0.4 is 10.1 Å². The summed E-state index contributed by atoms with van der Waals surface area (Å²) in [6.45, 7) is 0.744. The molecule has 5 rings (SSSR count). The number of aromatic nitrogens is 5. The number of rotatable bonds is 7. The number of imidazole rings is 1. The fourth-order valence-electron chi connectivity index (χ4n) is 3.33. The number of carbonyl (C=O) groups is 1. The molecule has 0 bridgehead atoms. The first-order chi connectivity index (χ1) is 15.7. The molecule has 3 aromatic heterocycles. The number of fused-ring (bicyclic) bond motifs is 1. The normalized spacial score (nSPS) is 10.9. The van der Waals surface area contributed by atoms with Gasteiger partial charge in [0.25, 0.3) is 5.91 Å². The number of hydrogen-bond acceptors (Lipinski definition) is 5. The number of benzene rings is 2. The van der Waals surface area contributed by atoms with E-state index in [9.17, 15) is 4.79 Å². The van der Waals surface area contributed by atoms with Crippen LogP contribution in [0, 0.1) is 0 Å². The second-order valence-corrected chi connectivity index (χ2v) is 7.20. The zero-order valence-corrected chi connectivity index (χ0v) is 17.1. The summed E-state index contributed by atoms with van der Waals surface area (Å²) < 4.78 is 9.48. The maximum Gasteiger partial charge on any atom is 0.251 e. The van der Waals surface area contributed by atoms with Crippen molar-refractivity contribution in [2.24, 2.45) is 0 Å². The van der Waals surface area contributed by atoms with Crippen molar-refractivity contribution in [1.29, 1.82) is 0 Å². The minimum absolute atomic E-state index is 0.163. The Labute approximate surface area is 184 Å². The van der Waals surface area contributed by atoms with Gasteiger partial charge in [0.15, 0.2) is 0 Å². The van der Waals surface area contributed by atoms with Crippen molar-refractivity contribution in [2.75, 3.05) is 0 Å². The highest BCUT2D eigenvalue weighted by Crippen LogP contribution is 2.16. The van der Waals surface area contributed by atoms with Crippen LogP contribution in [0.2, 0.25) is 0 Å². The Kier molecular flexibility index (Phi) is 5.32. The van der Waals surface area contributed by atoms with Gasteiger partial charge >= 0.3 is 0 Å². The van der Waals surface area contributed by atoms with Gasteiger partial charge in [-0.15, -0.1) is 0 Å². The van der Waals surface area contributed by atoms with E-state index in [-0.39, 0.29) is 5.91 Å². The van der Waals surface area contributed by atoms with Gasteiger partial charge in [0.2, 0.25) is 0 Å². The smallest absolute Gasteiger partial charge is 0.251 e. The Bertz CT molecular complexity index is 1310. The Morgan fingerprint density at radius 2 is 1.94 bits per heavy atom. The van der Waals surface area contributed by atoms with Crippen LogP contribution in [0.1, 0.15) is 21.6 Å². The molecule has 0 aliphatic rings. The summed E-state index contributed by atoms with van der Waals surface area (Å²) in [6.07, 6.45) is 7.00. The van der Waals surface area contributed by atoms with Gasteiger partial charge in [0.1, 0.15) is 30.7 Å². The summed E-state index contributed by atoms with van der Waals surface area (Å²) >= 11 is 0. The highest BCUT2D eigenvalue weighted by molar-refractivity contribution is 5.94. The molecule has 0 radical (unpaired) electrons. The van der Waals surface area contributed by atoms with Gasteiger partial charge < -0.3 is 14.5 Å². The first-order valence-corrected chi connectivity index (χ1v) is 10.1. The minimum Gasteiger partial charge on any atom is -0.487 e. The summed E-state index contributed by atoms with van der Waals surface area (Å²) in [7, 11) is 0. The van der Waals surface area contributed by atoms with Crippen molar-refractivity contribution >= 4 is 11.6 Å². The standard InChI is InChI=1S/C24H20N6O2/c31-24(26-13-18-7-9-21(10-8-18)30-17-25-16-27-30)19-4-3-5-22(12-19)32-15-20-14-29-11-2-1-6-23(29)28-20/h1-12,14,16-17H,13,15H2,(H,26,31). The third-order valence-corrected chi connectivity index (χ3v) is 4.97. The monoisotopic (exact) mass is 424 g/mol. The zero-order chi connectivity index (χ0) is 21.8. The molecule has 0 spiro atoms. The Morgan fingerprint density at radius 3 is 2.75 bits per heavy atom. The summed E-state index contributed by atoms with van der Waals surface area (Å²) in [4.78, 5) is 21.1. The van der Waals surface area contributed by atoms with Crippen LogP contribution in [0.3, 0.4) is 0 Å². The van der Waals surface area contributed by atoms with Gasteiger partial charge in [-0.1, -0.05) is 24.3 Å². The topological polar surface area (TPSA) is 86.3 Å². The molecule has 3 heterocycles. The average Bonchev–Trinajstić information content (AvgIpc) is 3.52. The van der Waals surface area contributed by atoms with Crippen LogP contribution in [-0.2, 0) is 13.2 Å². The molecule has 0 saturated carbocycles. The van der Waals surface area contributed by atoms with E-state index in [0.29, 0.717) is 24.5 Å². The maximum atomic E-state index is 12.6. The van der Waals surface area contributed by atoms with E-state index < -0.39 is 0 Å². The lowest BCUT2D eigenvalue weighted by Crippen LogP contribution is -2.22. The van der Waals surface area contributed by atoms with Crippen LogP contribution in [0.25, 0.3) is 11.3 Å². The van der Waals surface area contributed by atoms with Gasteiger partial charge in [-0.05, 0) is 48.0 Å². The molecule has 0 atom stereocenters. The van der Waals surface area contributed by atoms with E-state index in [1.807, 2.05) is 65.3 Å². The fourth-order valence-corrected chi connectivity index (χ4v) is 3.33. The predicted molar refractivity (Wildman–Crippen MR) is 118 cm³/mol. The molecule has 5 aromatic rings. The van der Waals surface area contributed by atoms with E-state index in [2.05, 4.69) is 20.4 Å². The number of nitrogens with zero attached hydrogens (tertiary/aromatic N) is 5. The SMILES string of the molecule is O=C(NCc1ccc(-n2cncn2)cc1)c1cccc(OCc2cn3ccccc3n2)c1. The maximum absolute atomic E-state index is 12.6. The molecular formula is C24H20N6O2. The number of pyridine rings is 1. The van der Waals surface area contributed by atoms with E-state index >= 15 is 0 Å². The zero-order valence-electron chi connectivity index (χ0n) is 17.1. The molecule has 1 amide bonds. The quantitative estimate of drug-likeness (QED) is 0.433. The summed E-state index contributed by atoms with van der Waals surface area (Å²) in [6, 6.07) is 20.7. The van der Waals surface area contributed by atoms with Crippen molar-refractivity contribution in [2.45, 2.75) is 13.2 Å². The summed E-state index contributed by atoms with van der Waals surface area (Å²) in [5.74, 6) is 0.454. The molecule has 8 heteroatoms. The largest absolute Gasteiger partial charge is 0.487 e. The van der Waals surface area contributed by atoms with Crippen LogP contribution in [0.5, 0.6) is 5.75 Å². The van der Waals surface area contributed by atoms with Gasteiger partial charge in [-0.3, -0.25) is 4.79 Å². The van der Waals surface area contributed by atoms with E-state index in [4.69, 9.17) is 4.74 Å². The molecule has 8 nitrogen and oxygen atoms in total. The molecule has 158 valence electrons. The predicted octanol–water partition coefficient (Wildman–Crippen LogP) is 3.42. The van der Waals surface area contributed by atoms with E-state index in [1.165, 1.54) is 6.33 Å². The number of ether oxygens (including phenoxy) is 1. The average molecular weight is 424 g/mol. The number of nitrogens with one attached hydrogen (secondary N) is 1. The first kappa shape index (κ1) is 19.5.